The zero-order valence-electron chi connectivity index (χ0n) is 18.8. The third kappa shape index (κ3) is 6.58. The van der Waals surface area contributed by atoms with E-state index < -0.39 is 0 Å². The molecule has 0 saturated carbocycles. The molecule has 0 saturated heterocycles. The maximum atomic E-state index is 4.43. The van der Waals surface area contributed by atoms with Crippen LogP contribution in [-0.4, -0.2) is 72.9 Å². The molecule has 160 valence electrons. The first kappa shape index (κ1) is 22.9. The van der Waals surface area contributed by atoms with E-state index in [1.165, 1.54) is 11.1 Å². The lowest BCUT2D eigenvalue weighted by Crippen LogP contribution is -2.45. The number of aliphatic imine (C=N–C) groups is 1. The largest absolute Gasteiger partial charge is 0.354 e. The average molecular weight is 400 g/mol. The minimum absolute atomic E-state index is 0.218. The van der Waals surface area contributed by atoms with Crippen molar-refractivity contribution in [2.45, 2.75) is 25.9 Å². The van der Waals surface area contributed by atoms with Gasteiger partial charge in [0.15, 0.2) is 5.96 Å². The van der Waals surface area contributed by atoms with Gasteiger partial charge in [0.25, 0.3) is 0 Å². The lowest BCUT2D eigenvalue weighted by Gasteiger charge is -2.31. The van der Waals surface area contributed by atoms with Crippen LogP contribution in [0.25, 0.3) is 0 Å². The molecule has 0 aliphatic carbocycles. The quantitative estimate of drug-likeness (QED) is 0.474. The maximum Gasteiger partial charge on any atom is 0.191 e. The third-order valence-electron chi connectivity index (χ3n) is 5.32. The molecule has 29 heavy (non-hydrogen) atoms. The summed E-state index contributed by atoms with van der Waals surface area (Å²) in [5.41, 5.74) is 2.51. The number of hydrogen-bond acceptors (Lipinski definition) is 4. The second kappa shape index (κ2) is 11.6. The predicted octanol–water partition coefficient (Wildman–Crippen LogP) is 2.27. The number of nitrogens with one attached hydrogen (secondary N) is 2. The van der Waals surface area contributed by atoms with Crippen molar-refractivity contribution in [1.29, 1.82) is 0 Å². The Morgan fingerprint density at radius 1 is 1.03 bits per heavy atom. The zero-order valence-corrected chi connectivity index (χ0v) is 18.8. The van der Waals surface area contributed by atoms with Gasteiger partial charge < -0.3 is 15.5 Å². The van der Waals surface area contributed by atoms with Crippen LogP contribution in [0.4, 0.5) is 0 Å². The molecular weight excluding hydrogens is 362 g/mol. The first-order valence-corrected chi connectivity index (χ1v) is 10.4. The Hall–Kier alpha value is -2.38. The van der Waals surface area contributed by atoms with Gasteiger partial charge in [0.05, 0.1) is 18.3 Å². The Morgan fingerprint density at radius 3 is 2.14 bits per heavy atom. The third-order valence-corrected chi connectivity index (χ3v) is 5.32. The fourth-order valence-corrected chi connectivity index (χ4v) is 3.62. The van der Waals surface area contributed by atoms with Crippen LogP contribution in [0.2, 0.25) is 0 Å². The smallest absolute Gasteiger partial charge is 0.191 e. The van der Waals surface area contributed by atoms with Crippen LogP contribution < -0.4 is 10.6 Å². The van der Waals surface area contributed by atoms with Gasteiger partial charge >= 0.3 is 0 Å². The minimum atomic E-state index is 0.218. The fraction of sp³-hybridized carbons (Fsp3) is 0.545. The van der Waals surface area contributed by atoms with E-state index >= 15 is 0 Å². The van der Waals surface area contributed by atoms with Gasteiger partial charge in [0.2, 0.25) is 0 Å². The summed E-state index contributed by atoms with van der Waals surface area (Å²) in [6.07, 6.45) is 3.99. The molecule has 0 bridgehead atoms. The molecule has 0 amide bonds. The predicted molar refractivity (Wildman–Crippen MR) is 121 cm³/mol. The van der Waals surface area contributed by atoms with Crippen molar-refractivity contribution in [3.63, 3.8) is 0 Å². The number of nitrogens with zero attached hydrogens (tertiary/aromatic N) is 5. The standard InChI is InChI=1S/C22H37N7/c1-7-29(8-2)21(18-12-10-9-11-13-18)16-25-22(23-3)24-15-20(27(4)5)19-14-26-28(6)17-19/h9-14,17,20-21H,7-8,15-16H2,1-6H3,(H2,23,24,25). The molecule has 0 aliphatic heterocycles. The Kier molecular flexibility index (Phi) is 9.15. The van der Waals surface area contributed by atoms with Crippen LogP contribution in [-0.2, 0) is 7.05 Å². The number of benzene rings is 1. The highest BCUT2D eigenvalue weighted by Crippen LogP contribution is 2.19. The van der Waals surface area contributed by atoms with E-state index in [4.69, 9.17) is 0 Å². The zero-order chi connectivity index (χ0) is 21.2. The van der Waals surface area contributed by atoms with Gasteiger partial charge in [0.1, 0.15) is 0 Å². The van der Waals surface area contributed by atoms with Crippen molar-refractivity contribution >= 4 is 5.96 Å². The van der Waals surface area contributed by atoms with Crippen molar-refractivity contribution in [3.05, 3.63) is 53.9 Å². The monoisotopic (exact) mass is 399 g/mol. The van der Waals surface area contributed by atoms with Crippen LogP contribution in [0.1, 0.15) is 37.1 Å². The Bertz CT molecular complexity index is 735. The van der Waals surface area contributed by atoms with Crippen LogP contribution in [0.5, 0.6) is 0 Å². The average Bonchev–Trinajstić information content (AvgIpc) is 3.15. The van der Waals surface area contributed by atoms with Gasteiger partial charge in [0, 0.05) is 38.9 Å². The molecule has 0 spiro atoms. The van der Waals surface area contributed by atoms with E-state index in [0.29, 0.717) is 6.04 Å². The summed E-state index contributed by atoms with van der Waals surface area (Å²) in [5.74, 6) is 0.814. The highest BCUT2D eigenvalue weighted by atomic mass is 15.3. The van der Waals surface area contributed by atoms with Crippen molar-refractivity contribution in [2.24, 2.45) is 12.0 Å². The molecule has 2 aromatic rings. The first-order chi connectivity index (χ1) is 14.0. The maximum absolute atomic E-state index is 4.43. The molecule has 1 aromatic carbocycles. The first-order valence-electron chi connectivity index (χ1n) is 10.4. The molecule has 2 N–H and O–H groups in total. The van der Waals surface area contributed by atoms with Crippen LogP contribution >= 0.6 is 0 Å². The molecule has 1 aromatic heterocycles. The Morgan fingerprint density at radius 2 is 1.66 bits per heavy atom. The van der Waals surface area contributed by atoms with Crippen LogP contribution in [0, 0.1) is 0 Å². The molecule has 0 radical (unpaired) electrons. The number of aryl methyl sites for hydroxylation is 1. The summed E-state index contributed by atoms with van der Waals surface area (Å²) in [7, 11) is 7.93. The number of likely N-dealkylation sites (N-methyl/N-ethyl adjacent to an activating group) is 2. The van der Waals surface area contributed by atoms with Crippen molar-refractivity contribution in [1.82, 2.24) is 30.2 Å². The molecule has 2 unspecified atom stereocenters. The van der Waals surface area contributed by atoms with E-state index in [1.54, 1.807) is 0 Å². The van der Waals surface area contributed by atoms with Gasteiger partial charge in [-0.2, -0.15) is 5.10 Å². The normalized spacial score (nSPS) is 14.3. The van der Waals surface area contributed by atoms with E-state index in [2.05, 4.69) is 95.0 Å². The molecule has 7 heteroatoms. The number of aromatic nitrogens is 2. The van der Waals surface area contributed by atoms with E-state index in [0.717, 1.165) is 32.1 Å². The number of hydrogen-bond donors (Lipinski definition) is 2. The molecule has 2 atom stereocenters. The van der Waals surface area contributed by atoms with Gasteiger partial charge in [-0.05, 0) is 32.7 Å². The van der Waals surface area contributed by atoms with Crippen LogP contribution in [0.3, 0.4) is 0 Å². The highest BCUT2D eigenvalue weighted by molar-refractivity contribution is 5.79. The van der Waals surface area contributed by atoms with Gasteiger partial charge in [-0.3, -0.25) is 14.6 Å². The molecule has 2 rings (SSSR count). The van der Waals surface area contributed by atoms with E-state index in [-0.39, 0.29) is 6.04 Å². The summed E-state index contributed by atoms with van der Waals surface area (Å²) < 4.78 is 1.84. The SMILES string of the molecule is CCN(CC)C(CNC(=NC)NCC(c1cnn(C)c1)N(C)C)c1ccccc1. The topological polar surface area (TPSA) is 60.7 Å². The Balaban J connectivity index is 2.02. The molecule has 1 heterocycles. The minimum Gasteiger partial charge on any atom is -0.354 e. The van der Waals surface area contributed by atoms with E-state index in [9.17, 15) is 0 Å². The second-order valence-corrected chi connectivity index (χ2v) is 7.41. The second-order valence-electron chi connectivity index (χ2n) is 7.41. The molecule has 0 fully saturated rings. The molecule has 0 aliphatic rings. The Labute approximate surface area is 175 Å². The van der Waals surface area contributed by atoms with Crippen molar-refractivity contribution < 1.29 is 0 Å². The fourth-order valence-electron chi connectivity index (χ4n) is 3.62. The summed E-state index contributed by atoms with van der Waals surface area (Å²) >= 11 is 0. The summed E-state index contributed by atoms with van der Waals surface area (Å²) in [6, 6.07) is 11.2. The summed E-state index contributed by atoms with van der Waals surface area (Å²) in [6.45, 7) is 7.98. The van der Waals surface area contributed by atoms with Crippen molar-refractivity contribution in [3.8, 4) is 0 Å². The number of rotatable bonds is 10. The van der Waals surface area contributed by atoms with Gasteiger partial charge in [-0.15, -0.1) is 0 Å². The lowest BCUT2D eigenvalue weighted by molar-refractivity contribution is 0.218. The number of guanidine groups is 1. The van der Waals surface area contributed by atoms with Crippen LogP contribution in [0.15, 0.2) is 47.7 Å². The molecule has 7 nitrogen and oxygen atoms in total. The summed E-state index contributed by atoms with van der Waals surface area (Å²) in [5, 5.41) is 11.3. The van der Waals surface area contributed by atoms with Crippen molar-refractivity contribution in [2.75, 3.05) is 47.3 Å². The highest BCUT2D eigenvalue weighted by Gasteiger charge is 2.19. The molecular formula is C22H37N7. The van der Waals surface area contributed by atoms with Gasteiger partial charge in [-0.25, -0.2) is 0 Å². The summed E-state index contributed by atoms with van der Waals surface area (Å²) in [4.78, 5) is 9.09. The van der Waals surface area contributed by atoms with E-state index in [1.807, 2.05) is 25.0 Å². The lowest BCUT2D eigenvalue weighted by atomic mass is 10.1. The van der Waals surface area contributed by atoms with Gasteiger partial charge in [-0.1, -0.05) is 44.2 Å².